The molecule has 1 nitrogen and oxygen atoms in total. The largest absolute Gasteiger partial charge is 0.290 e. The van der Waals surface area contributed by atoms with Crippen LogP contribution in [0.1, 0.15) is 31.2 Å². The van der Waals surface area contributed by atoms with Crippen molar-refractivity contribution < 1.29 is 4.79 Å². The van der Waals surface area contributed by atoms with Crippen molar-refractivity contribution in [3.63, 3.8) is 0 Å². The molecule has 0 radical (unpaired) electrons. The standard InChI is InChI=1S/C15H15ClO/c16-14-9-6-12(7-10-14)8-11-15(17)13-4-2-1-3-5-13/h4,6-11H,1-3,5H2/b11-8-. The first kappa shape index (κ1) is 12.1. The van der Waals surface area contributed by atoms with E-state index in [0.29, 0.717) is 5.02 Å². The average Bonchev–Trinajstić information content (AvgIpc) is 2.39. The van der Waals surface area contributed by atoms with Gasteiger partial charge in [0.05, 0.1) is 0 Å². The number of carbonyl (C=O) groups excluding carboxylic acids is 1. The van der Waals surface area contributed by atoms with E-state index in [-0.39, 0.29) is 5.78 Å². The van der Waals surface area contributed by atoms with Gasteiger partial charge in [-0.15, -0.1) is 0 Å². The van der Waals surface area contributed by atoms with Gasteiger partial charge in [-0.1, -0.05) is 35.9 Å². The fourth-order valence-electron chi connectivity index (χ4n) is 1.91. The summed E-state index contributed by atoms with van der Waals surface area (Å²) in [5, 5.41) is 0.712. The monoisotopic (exact) mass is 246 g/mol. The van der Waals surface area contributed by atoms with Gasteiger partial charge in [-0.25, -0.2) is 0 Å². The Balaban J connectivity index is 2.02. The van der Waals surface area contributed by atoms with Gasteiger partial charge in [-0.05, 0) is 55.0 Å². The Hall–Kier alpha value is -1.34. The van der Waals surface area contributed by atoms with Gasteiger partial charge in [-0.2, -0.15) is 0 Å². The molecule has 1 aromatic carbocycles. The molecule has 17 heavy (non-hydrogen) atoms. The summed E-state index contributed by atoms with van der Waals surface area (Å²) in [7, 11) is 0. The van der Waals surface area contributed by atoms with Crippen LogP contribution in [0.25, 0.3) is 6.08 Å². The van der Waals surface area contributed by atoms with Crippen molar-refractivity contribution in [3.8, 4) is 0 Å². The van der Waals surface area contributed by atoms with Crippen LogP contribution in [-0.4, -0.2) is 5.78 Å². The van der Waals surface area contributed by atoms with E-state index in [9.17, 15) is 4.79 Å². The predicted octanol–water partition coefficient (Wildman–Crippen LogP) is 4.42. The molecule has 0 aliphatic heterocycles. The van der Waals surface area contributed by atoms with Crippen LogP contribution in [-0.2, 0) is 4.79 Å². The molecule has 0 unspecified atom stereocenters. The predicted molar refractivity (Wildman–Crippen MR) is 72.0 cm³/mol. The van der Waals surface area contributed by atoms with Crippen LogP contribution >= 0.6 is 11.6 Å². The van der Waals surface area contributed by atoms with Gasteiger partial charge < -0.3 is 0 Å². The number of benzene rings is 1. The first-order valence-electron chi connectivity index (χ1n) is 5.93. The summed E-state index contributed by atoms with van der Waals surface area (Å²) < 4.78 is 0. The molecule has 0 spiro atoms. The summed E-state index contributed by atoms with van der Waals surface area (Å²) in [6, 6.07) is 7.46. The van der Waals surface area contributed by atoms with Crippen LogP contribution in [0.3, 0.4) is 0 Å². The van der Waals surface area contributed by atoms with Crippen molar-refractivity contribution in [1.29, 1.82) is 0 Å². The van der Waals surface area contributed by atoms with E-state index in [2.05, 4.69) is 6.08 Å². The van der Waals surface area contributed by atoms with E-state index in [1.54, 1.807) is 6.08 Å². The fourth-order valence-corrected chi connectivity index (χ4v) is 2.04. The highest BCUT2D eigenvalue weighted by molar-refractivity contribution is 6.30. The number of carbonyl (C=O) groups is 1. The fraction of sp³-hybridized carbons (Fsp3) is 0.267. The van der Waals surface area contributed by atoms with E-state index in [1.165, 1.54) is 6.42 Å². The molecule has 0 atom stereocenters. The molecular formula is C15H15ClO. The lowest BCUT2D eigenvalue weighted by atomic mass is 9.96. The number of halogens is 1. The van der Waals surface area contributed by atoms with Crippen molar-refractivity contribution in [3.05, 3.63) is 52.6 Å². The highest BCUT2D eigenvalue weighted by Gasteiger charge is 2.08. The van der Waals surface area contributed by atoms with Crippen LogP contribution in [0.5, 0.6) is 0 Å². The second-order valence-electron chi connectivity index (χ2n) is 4.22. The molecule has 0 saturated carbocycles. The number of hydrogen-bond donors (Lipinski definition) is 0. The Bertz CT molecular complexity index is 454. The first-order valence-corrected chi connectivity index (χ1v) is 6.30. The number of ketones is 1. The Morgan fingerprint density at radius 3 is 2.59 bits per heavy atom. The third kappa shape index (κ3) is 3.57. The van der Waals surface area contributed by atoms with E-state index in [0.717, 1.165) is 30.4 Å². The van der Waals surface area contributed by atoms with Crippen LogP contribution in [0.2, 0.25) is 5.02 Å². The molecule has 0 fully saturated rings. The molecule has 0 heterocycles. The van der Waals surface area contributed by atoms with E-state index in [4.69, 9.17) is 11.6 Å². The van der Waals surface area contributed by atoms with Crippen LogP contribution in [0.15, 0.2) is 42.0 Å². The second-order valence-corrected chi connectivity index (χ2v) is 4.66. The summed E-state index contributed by atoms with van der Waals surface area (Å²) in [6.07, 6.45) is 9.86. The lowest BCUT2D eigenvalue weighted by molar-refractivity contribution is -0.111. The minimum atomic E-state index is 0.139. The summed E-state index contributed by atoms with van der Waals surface area (Å²) in [6.45, 7) is 0. The summed E-state index contributed by atoms with van der Waals surface area (Å²) in [5.41, 5.74) is 1.96. The molecular weight excluding hydrogens is 232 g/mol. The molecule has 88 valence electrons. The van der Waals surface area contributed by atoms with Gasteiger partial charge in [0.2, 0.25) is 0 Å². The highest BCUT2D eigenvalue weighted by Crippen LogP contribution is 2.19. The smallest absolute Gasteiger partial charge is 0.181 e. The quantitative estimate of drug-likeness (QED) is 0.722. The van der Waals surface area contributed by atoms with Gasteiger partial charge in [0.1, 0.15) is 0 Å². The molecule has 0 N–H and O–H groups in total. The minimum Gasteiger partial charge on any atom is -0.290 e. The van der Waals surface area contributed by atoms with Gasteiger partial charge in [0, 0.05) is 5.02 Å². The summed E-state index contributed by atoms with van der Waals surface area (Å²) in [5.74, 6) is 0.139. The van der Waals surface area contributed by atoms with Gasteiger partial charge in [-0.3, -0.25) is 4.79 Å². The molecule has 2 heteroatoms. The third-order valence-electron chi connectivity index (χ3n) is 2.90. The lowest BCUT2D eigenvalue weighted by Gasteiger charge is -2.08. The molecule has 0 bridgehead atoms. The van der Waals surface area contributed by atoms with E-state index < -0.39 is 0 Å². The Labute approximate surface area is 107 Å². The molecule has 1 aromatic rings. The third-order valence-corrected chi connectivity index (χ3v) is 3.16. The molecule has 1 aliphatic carbocycles. The van der Waals surface area contributed by atoms with Crippen molar-refractivity contribution in [2.24, 2.45) is 0 Å². The maximum atomic E-state index is 11.9. The highest BCUT2D eigenvalue weighted by atomic mass is 35.5. The zero-order valence-corrected chi connectivity index (χ0v) is 10.4. The summed E-state index contributed by atoms with van der Waals surface area (Å²) in [4.78, 5) is 11.9. The molecule has 0 amide bonds. The Morgan fingerprint density at radius 1 is 1.18 bits per heavy atom. The van der Waals surface area contributed by atoms with E-state index >= 15 is 0 Å². The normalized spacial score (nSPS) is 15.9. The Morgan fingerprint density at radius 2 is 1.94 bits per heavy atom. The summed E-state index contributed by atoms with van der Waals surface area (Å²) >= 11 is 5.80. The maximum Gasteiger partial charge on any atom is 0.181 e. The minimum absolute atomic E-state index is 0.139. The van der Waals surface area contributed by atoms with Gasteiger partial charge in [0.25, 0.3) is 0 Å². The lowest BCUT2D eigenvalue weighted by Crippen LogP contribution is -2.02. The van der Waals surface area contributed by atoms with Crippen LogP contribution in [0, 0.1) is 0 Å². The number of allylic oxidation sites excluding steroid dienone is 3. The van der Waals surface area contributed by atoms with Crippen molar-refractivity contribution in [1.82, 2.24) is 0 Å². The van der Waals surface area contributed by atoms with Gasteiger partial charge in [0.15, 0.2) is 5.78 Å². The SMILES string of the molecule is O=C(/C=C\c1ccc(Cl)cc1)C1=CCCCC1. The maximum absolute atomic E-state index is 11.9. The molecule has 2 rings (SSSR count). The first-order chi connectivity index (χ1) is 8.25. The van der Waals surface area contributed by atoms with Gasteiger partial charge >= 0.3 is 0 Å². The topological polar surface area (TPSA) is 17.1 Å². The van der Waals surface area contributed by atoms with Crippen molar-refractivity contribution in [2.75, 3.05) is 0 Å². The molecule has 0 saturated heterocycles. The zero-order chi connectivity index (χ0) is 12.1. The molecule has 0 aromatic heterocycles. The molecule has 1 aliphatic rings. The van der Waals surface area contributed by atoms with E-state index in [1.807, 2.05) is 30.3 Å². The Kier molecular flexibility index (Phi) is 4.16. The second kappa shape index (κ2) is 5.83. The van der Waals surface area contributed by atoms with Crippen LogP contribution in [0.4, 0.5) is 0 Å². The van der Waals surface area contributed by atoms with Crippen LogP contribution < -0.4 is 0 Å². The number of hydrogen-bond acceptors (Lipinski definition) is 1. The van der Waals surface area contributed by atoms with Crippen molar-refractivity contribution in [2.45, 2.75) is 25.7 Å². The van der Waals surface area contributed by atoms with Crippen molar-refractivity contribution >= 4 is 23.5 Å². The average molecular weight is 247 g/mol. The zero-order valence-electron chi connectivity index (χ0n) is 9.66. The number of rotatable bonds is 3.